The first-order valence-corrected chi connectivity index (χ1v) is 15.0. The van der Waals surface area contributed by atoms with Crippen LogP contribution in [0.4, 0.5) is 9.59 Å². The molecule has 1 aliphatic rings. The molecule has 0 atom stereocenters. The van der Waals surface area contributed by atoms with Gasteiger partial charge in [0.25, 0.3) is 0 Å². The molecule has 0 aliphatic carbocycles. The van der Waals surface area contributed by atoms with E-state index in [1.54, 1.807) is 20.8 Å². The Bertz CT molecular complexity index is 686. The highest BCUT2D eigenvalue weighted by molar-refractivity contribution is 14.1. The molecule has 1 aliphatic heterocycles. The van der Waals surface area contributed by atoms with E-state index in [0.29, 0.717) is 0 Å². The largest absolute Gasteiger partial charge is 0.442 e. The lowest BCUT2D eigenvalue weighted by atomic mass is 10.1. The van der Waals surface area contributed by atoms with Crippen molar-refractivity contribution in [1.29, 1.82) is 0 Å². The van der Waals surface area contributed by atoms with Crippen LogP contribution in [0.5, 0.6) is 0 Å². The van der Waals surface area contributed by atoms with Gasteiger partial charge in [-0.05, 0) is 60.0 Å². The Morgan fingerprint density at radius 1 is 0.929 bits per heavy atom. The SMILES string of the molecule is CC(C)(C)OC(=O)N1CC(=C\I)/C(=C(\I)[Si](C)(C)C)CN1C(=O)OC(C)(C)C. The van der Waals surface area contributed by atoms with Crippen molar-refractivity contribution in [3.8, 4) is 0 Å². The number of hydrogen-bond acceptors (Lipinski definition) is 4. The predicted molar refractivity (Wildman–Crippen MR) is 132 cm³/mol. The Labute approximate surface area is 197 Å². The van der Waals surface area contributed by atoms with Crippen molar-refractivity contribution in [2.75, 3.05) is 13.1 Å². The van der Waals surface area contributed by atoms with Crippen LogP contribution >= 0.6 is 45.2 Å². The van der Waals surface area contributed by atoms with E-state index < -0.39 is 31.5 Å². The molecule has 1 heterocycles. The minimum absolute atomic E-state index is 0.267. The molecule has 1 saturated heterocycles. The van der Waals surface area contributed by atoms with Crippen molar-refractivity contribution < 1.29 is 19.1 Å². The number of hydrazine groups is 1. The number of nitrogens with zero attached hydrogens (tertiary/aromatic N) is 2. The van der Waals surface area contributed by atoms with Gasteiger partial charge in [-0.25, -0.2) is 19.6 Å². The van der Waals surface area contributed by atoms with Crippen LogP contribution in [0, 0.1) is 0 Å². The van der Waals surface area contributed by atoms with Crippen LogP contribution in [0.3, 0.4) is 0 Å². The lowest BCUT2D eigenvalue weighted by Crippen LogP contribution is -2.57. The number of carbonyl (C=O) groups excluding carboxylic acids is 2. The van der Waals surface area contributed by atoms with Gasteiger partial charge in [0.05, 0.1) is 21.2 Å². The Morgan fingerprint density at radius 2 is 1.32 bits per heavy atom. The first-order valence-electron chi connectivity index (χ1n) is 9.16. The molecule has 160 valence electrons. The zero-order valence-corrected chi connectivity index (χ0v) is 23.6. The normalized spacial score (nSPS) is 19.6. The summed E-state index contributed by atoms with van der Waals surface area (Å²) in [5.74, 6) is 0. The summed E-state index contributed by atoms with van der Waals surface area (Å²) < 4.78 is 14.4. The smallest absolute Gasteiger partial charge is 0.429 e. The molecule has 0 aromatic carbocycles. The molecule has 0 radical (unpaired) electrons. The van der Waals surface area contributed by atoms with Crippen LogP contribution < -0.4 is 0 Å². The fraction of sp³-hybridized carbons (Fsp3) is 0.684. The van der Waals surface area contributed by atoms with Crippen molar-refractivity contribution in [3.05, 3.63) is 18.4 Å². The molecule has 9 heteroatoms. The molecule has 0 aromatic heterocycles. The fourth-order valence-corrected chi connectivity index (χ4v) is 4.63. The van der Waals surface area contributed by atoms with Crippen molar-refractivity contribution in [2.24, 2.45) is 0 Å². The summed E-state index contributed by atoms with van der Waals surface area (Å²) in [5.41, 5.74) is 0.803. The zero-order valence-electron chi connectivity index (χ0n) is 18.3. The molecule has 1 fully saturated rings. The molecule has 28 heavy (non-hydrogen) atoms. The van der Waals surface area contributed by atoms with Crippen molar-refractivity contribution in [2.45, 2.75) is 72.4 Å². The highest BCUT2D eigenvalue weighted by Crippen LogP contribution is 2.34. The maximum atomic E-state index is 12.9. The third-order valence-corrected chi connectivity index (χ3v) is 11.4. The van der Waals surface area contributed by atoms with Gasteiger partial charge in [-0.2, -0.15) is 0 Å². The molecule has 0 bridgehead atoms. The monoisotopic (exact) mass is 634 g/mol. The molecule has 0 aromatic rings. The van der Waals surface area contributed by atoms with E-state index in [2.05, 4.69) is 64.8 Å². The maximum absolute atomic E-state index is 12.9. The second-order valence-electron chi connectivity index (χ2n) is 9.75. The van der Waals surface area contributed by atoms with E-state index in [1.165, 1.54) is 13.2 Å². The van der Waals surface area contributed by atoms with Gasteiger partial charge in [0.1, 0.15) is 11.2 Å². The van der Waals surface area contributed by atoms with Gasteiger partial charge in [-0.1, -0.05) is 64.8 Å². The Morgan fingerprint density at radius 3 is 1.64 bits per heavy atom. The Hall–Kier alpha value is -0.303. The molecule has 0 saturated carbocycles. The van der Waals surface area contributed by atoms with E-state index in [-0.39, 0.29) is 13.1 Å². The Balaban J connectivity index is 3.39. The third-order valence-electron chi connectivity index (χ3n) is 3.57. The van der Waals surface area contributed by atoms with Gasteiger partial charge in [-0.15, -0.1) is 0 Å². The van der Waals surface area contributed by atoms with Crippen LogP contribution in [0.2, 0.25) is 19.6 Å². The van der Waals surface area contributed by atoms with E-state index >= 15 is 0 Å². The van der Waals surface area contributed by atoms with Gasteiger partial charge >= 0.3 is 12.2 Å². The van der Waals surface area contributed by atoms with E-state index in [9.17, 15) is 9.59 Å². The van der Waals surface area contributed by atoms with Crippen LogP contribution in [0.1, 0.15) is 41.5 Å². The average molecular weight is 634 g/mol. The van der Waals surface area contributed by atoms with Crippen molar-refractivity contribution >= 4 is 65.4 Å². The van der Waals surface area contributed by atoms with Crippen LogP contribution in [-0.2, 0) is 9.47 Å². The average Bonchev–Trinajstić information content (AvgIpc) is 2.48. The molecular formula is C19H32I2N2O4Si. The van der Waals surface area contributed by atoms with Crippen LogP contribution in [0.25, 0.3) is 0 Å². The molecule has 0 unspecified atom stereocenters. The topological polar surface area (TPSA) is 59.1 Å². The molecular weight excluding hydrogens is 602 g/mol. The number of hydrogen-bond donors (Lipinski definition) is 0. The summed E-state index contributed by atoms with van der Waals surface area (Å²) in [5, 5.41) is 2.72. The summed E-state index contributed by atoms with van der Waals surface area (Å²) in [6, 6.07) is 0. The fourth-order valence-electron chi connectivity index (χ4n) is 2.40. The summed E-state index contributed by atoms with van der Waals surface area (Å²) >= 11 is 4.59. The van der Waals surface area contributed by atoms with Crippen LogP contribution in [0.15, 0.2) is 18.4 Å². The highest BCUT2D eigenvalue weighted by Gasteiger charge is 2.39. The number of rotatable bonds is 1. The number of halogens is 2. The van der Waals surface area contributed by atoms with Gasteiger partial charge in [0.2, 0.25) is 0 Å². The van der Waals surface area contributed by atoms with Gasteiger partial charge in [0, 0.05) is 0 Å². The summed E-state index contributed by atoms with van der Waals surface area (Å²) in [6.07, 6.45) is -1.11. The third kappa shape index (κ3) is 7.51. The quantitative estimate of drug-likeness (QED) is 0.252. The van der Waals surface area contributed by atoms with Gasteiger partial charge < -0.3 is 9.47 Å². The van der Waals surface area contributed by atoms with E-state index in [1.807, 2.05) is 24.9 Å². The summed E-state index contributed by atoms with van der Waals surface area (Å²) in [7, 11) is -1.60. The molecule has 0 N–H and O–H groups in total. The summed E-state index contributed by atoms with van der Waals surface area (Å²) in [6.45, 7) is 18.2. The van der Waals surface area contributed by atoms with Crippen LogP contribution in [-0.4, -0.2) is 54.6 Å². The number of amides is 2. The minimum atomic E-state index is -1.60. The lowest BCUT2D eigenvalue weighted by molar-refractivity contribution is -0.0600. The second-order valence-corrected chi connectivity index (χ2v) is 17.5. The number of ether oxygens (including phenoxy) is 2. The zero-order chi connectivity index (χ0) is 22.1. The second kappa shape index (κ2) is 9.23. The summed E-state index contributed by atoms with van der Waals surface area (Å²) in [4.78, 5) is 25.8. The minimum Gasteiger partial charge on any atom is -0.442 e. The van der Waals surface area contributed by atoms with Crippen molar-refractivity contribution in [1.82, 2.24) is 10.0 Å². The Kier molecular flexibility index (Phi) is 8.49. The molecule has 1 rings (SSSR count). The predicted octanol–water partition coefficient (Wildman–Crippen LogP) is 6.27. The molecule has 2 amide bonds. The maximum Gasteiger partial charge on any atom is 0.429 e. The number of carbonyl (C=O) groups is 2. The standard InChI is InChI=1S/C19H32I2N2O4Si/c1-18(2,3)26-16(24)22-11-13(10-20)14(15(21)28(7,8)9)12-23(22)17(25)27-19(4,5)6/h10H,11-12H2,1-9H3/b13-10+,15-14+. The van der Waals surface area contributed by atoms with E-state index in [0.717, 1.165) is 11.1 Å². The van der Waals surface area contributed by atoms with Gasteiger partial charge in [-0.3, -0.25) is 0 Å². The highest BCUT2D eigenvalue weighted by atomic mass is 127. The molecule has 0 spiro atoms. The first kappa shape index (κ1) is 25.7. The lowest BCUT2D eigenvalue weighted by Gasteiger charge is -2.42. The molecule has 6 nitrogen and oxygen atoms in total. The first-order chi connectivity index (χ1) is 12.5. The van der Waals surface area contributed by atoms with E-state index in [4.69, 9.17) is 9.47 Å². The van der Waals surface area contributed by atoms with Crippen molar-refractivity contribution in [3.63, 3.8) is 0 Å². The van der Waals surface area contributed by atoms with Gasteiger partial charge in [0.15, 0.2) is 0 Å².